The zero-order valence-electron chi connectivity index (χ0n) is 10.4. The molecule has 0 aliphatic rings. The Morgan fingerprint density at radius 2 is 2.00 bits per heavy atom. The summed E-state index contributed by atoms with van der Waals surface area (Å²) in [6.45, 7) is 2.14. The van der Waals surface area contributed by atoms with Crippen molar-refractivity contribution in [1.82, 2.24) is 5.32 Å². The Labute approximate surface area is 106 Å². The van der Waals surface area contributed by atoms with E-state index in [1.54, 1.807) is 6.92 Å². The average molecular weight is 277 g/mol. The minimum atomic E-state index is -2.98. The standard InChI is InChI=1S/C12H17F2NO2S/c1-9(15-6-3-7-18(2,16)17)11-8-10(13)4-5-12(11)14/h4-5,8-9,15H,3,6-7H2,1-2H3. The van der Waals surface area contributed by atoms with E-state index < -0.39 is 21.5 Å². The Hall–Kier alpha value is -1.01. The lowest BCUT2D eigenvalue weighted by atomic mass is 10.1. The van der Waals surface area contributed by atoms with E-state index in [9.17, 15) is 17.2 Å². The van der Waals surface area contributed by atoms with Crippen LogP contribution >= 0.6 is 0 Å². The Morgan fingerprint density at radius 3 is 2.61 bits per heavy atom. The smallest absolute Gasteiger partial charge is 0.147 e. The molecular weight excluding hydrogens is 260 g/mol. The highest BCUT2D eigenvalue weighted by molar-refractivity contribution is 7.90. The van der Waals surface area contributed by atoms with Crippen LogP contribution in [0.15, 0.2) is 18.2 Å². The quantitative estimate of drug-likeness (QED) is 0.810. The van der Waals surface area contributed by atoms with Crippen LogP contribution in [0.2, 0.25) is 0 Å². The monoisotopic (exact) mass is 277 g/mol. The minimum absolute atomic E-state index is 0.0817. The van der Waals surface area contributed by atoms with Gasteiger partial charge in [-0.15, -0.1) is 0 Å². The first-order chi connectivity index (χ1) is 8.29. The highest BCUT2D eigenvalue weighted by atomic mass is 32.2. The van der Waals surface area contributed by atoms with Crippen molar-refractivity contribution in [1.29, 1.82) is 0 Å². The third-order valence-corrected chi connectivity index (χ3v) is 3.60. The maximum absolute atomic E-state index is 13.4. The van der Waals surface area contributed by atoms with Crippen molar-refractivity contribution in [3.8, 4) is 0 Å². The topological polar surface area (TPSA) is 46.2 Å². The van der Waals surface area contributed by atoms with Gasteiger partial charge in [-0.25, -0.2) is 17.2 Å². The molecule has 1 atom stereocenters. The molecule has 0 radical (unpaired) electrons. The van der Waals surface area contributed by atoms with Crippen LogP contribution in [0.5, 0.6) is 0 Å². The Morgan fingerprint density at radius 1 is 1.33 bits per heavy atom. The van der Waals surface area contributed by atoms with Gasteiger partial charge in [-0.2, -0.15) is 0 Å². The maximum Gasteiger partial charge on any atom is 0.147 e. The van der Waals surface area contributed by atoms with Gasteiger partial charge in [0.2, 0.25) is 0 Å². The molecule has 0 heterocycles. The molecule has 1 aromatic carbocycles. The molecule has 0 saturated carbocycles. The maximum atomic E-state index is 13.4. The summed E-state index contributed by atoms with van der Waals surface area (Å²) < 4.78 is 48.2. The number of hydrogen-bond donors (Lipinski definition) is 1. The second-order valence-corrected chi connectivity index (χ2v) is 6.58. The van der Waals surface area contributed by atoms with Crippen LogP contribution in [0.1, 0.15) is 24.9 Å². The van der Waals surface area contributed by atoms with E-state index in [1.807, 2.05) is 0 Å². The van der Waals surface area contributed by atoms with E-state index in [2.05, 4.69) is 5.32 Å². The first kappa shape index (κ1) is 15.0. The van der Waals surface area contributed by atoms with Gasteiger partial charge in [0.05, 0.1) is 5.75 Å². The number of nitrogens with one attached hydrogen (secondary N) is 1. The lowest BCUT2D eigenvalue weighted by Gasteiger charge is -2.14. The molecule has 0 saturated heterocycles. The SMILES string of the molecule is CC(NCCCS(C)(=O)=O)c1cc(F)ccc1F. The molecular formula is C12H17F2NO2S. The highest BCUT2D eigenvalue weighted by Gasteiger charge is 2.11. The van der Waals surface area contributed by atoms with Crippen molar-refractivity contribution in [2.45, 2.75) is 19.4 Å². The van der Waals surface area contributed by atoms with Gasteiger partial charge in [0, 0.05) is 17.9 Å². The molecule has 3 nitrogen and oxygen atoms in total. The van der Waals surface area contributed by atoms with Crippen LogP contribution < -0.4 is 5.32 Å². The highest BCUT2D eigenvalue weighted by Crippen LogP contribution is 2.17. The van der Waals surface area contributed by atoms with Crippen molar-refractivity contribution in [2.75, 3.05) is 18.6 Å². The first-order valence-electron chi connectivity index (χ1n) is 5.65. The van der Waals surface area contributed by atoms with Gasteiger partial charge in [-0.3, -0.25) is 0 Å². The van der Waals surface area contributed by atoms with Crippen LogP contribution in [0.25, 0.3) is 0 Å². The molecule has 0 aliphatic heterocycles. The van der Waals surface area contributed by atoms with Crippen molar-refractivity contribution in [3.63, 3.8) is 0 Å². The number of halogens is 2. The second kappa shape index (κ2) is 6.24. The summed E-state index contributed by atoms with van der Waals surface area (Å²) in [5.74, 6) is -0.881. The molecule has 0 aromatic heterocycles. The van der Waals surface area contributed by atoms with Gasteiger partial charge >= 0.3 is 0 Å². The fourth-order valence-corrected chi connectivity index (χ4v) is 2.28. The van der Waals surface area contributed by atoms with E-state index in [1.165, 1.54) is 6.26 Å². The Kier molecular flexibility index (Phi) is 5.22. The van der Waals surface area contributed by atoms with Crippen LogP contribution in [-0.4, -0.2) is 27.0 Å². The lowest BCUT2D eigenvalue weighted by Crippen LogP contribution is -2.22. The molecule has 18 heavy (non-hydrogen) atoms. The summed E-state index contributed by atoms with van der Waals surface area (Å²) >= 11 is 0. The van der Waals surface area contributed by atoms with Crippen LogP contribution in [0.3, 0.4) is 0 Å². The van der Waals surface area contributed by atoms with E-state index in [0.29, 0.717) is 13.0 Å². The van der Waals surface area contributed by atoms with E-state index in [0.717, 1.165) is 18.2 Å². The zero-order valence-corrected chi connectivity index (χ0v) is 11.2. The van der Waals surface area contributed by atoms with Gasteiger partial charge in [0.1, 0.15) is 21.5 Å². The summed E-state index contributed by atoms with van der Waals surface area (Å²) in [6.07, 6.45) is 1.61. The van der Waals surface area contributed by atoms with Crippen LogP contribution in [0, 0.1) is 11.6 Å². The van der Waals surface area contributed by atoms with Gasteiger partial charge in [0.15, 0.2) is 0 Å². The van der Waals surface area contributed by atoms with Gasteiger partial charge in [0.25, 0.3) is 0 Å². The molecule has 102 valence electrons. The minimum Gasteiger partial charge on any atom is -0.310 e. The van der Waals surface area contributed by atoms with Crippen LogP contribution in [0.4, 0.5) is 8.78 Å². The molecule has 0 aliphatic carbocycles. The Bertz CT molecular complexity index is 503. The lowest BCUT2D eigenvalue weighted by molar-refractivity contribution is 0.517. The first-order valence-corrected chi connectivity index (χ1v) is 7.72. The summed E-state index contributed by atoms with van der Waals surface area (Å²) in [6, 6.07) is 2.93. The molecule has 1 N–H and O–H groups in total. The molecule has 0 spiro atoms. The second-order valence-electron chi connectivity index (χ2n) is 4.33. The summed E-state index contributed by atoms with van der Waals surface area (Å²) in [5, 5.41) is 2.97. The van der Waals surface area contributed by atoms with Crippen molar-refractivity contribution in [3.05, 3.63) is 35.4 Å². The fourth-order valence-electron chi connectivity index (χ4n) is 1.61. The molecule has 6 heteroatoms. The van der Waals surface area contributed by atoms with E-state index >= 15 is 0 Å². The van der Waals surface area contributed by atoms with E-state index in [4.69, 9.17) is 0 Å². The fraction of sp³-hybridized carbons (Fsp3) is 0.500. The molecule has 1 unspecified atom stereocenters. The molecule has 0 bridgehead atoms. The zero-order chi connectivity index (χ0) is 13.8. The van der Waals surface area contributed by atoms with E-state index in [-0.39, 0.29) is 17.4 Å². The summed E-state index contributed by atoms with van der Waals surface area (Å²) in [5.41, 5.74) is 0.245. The largest absolute Gasteiger partial charge is 0.310 e. The number of hydrogen-bond acceptors (Lipinski definition) is 3. The molecule has 1 aromatic rings. The van der Waals surface area contributed by atoms with Gasteiger partial charge in [-0.05, 0) is 38.1 Å². The van der Waals surface area contributed by atoms with Crippen molar-refractivity contribution >= 4 is 9.84 Å². The number of sulfone groups is 1. The van der Waals surface area contributed by atoms with Gasteiger partial charge in [-0.1, -0.05) is 0 Å². The average Bonchev–Trinajstić information content (AvgIpc) is 2.26. The molecule has 0 fully saturated rings. The molecule has 0 amide bonds. The third kappa shape index (κ3) is 5.10. The Balaban J connectivity index is 2.50. The number of rotatable bonds is 6. The molecule has 1 rings (SSSR count). The predicted molar refractivity (Wildman–Crippen MR) is 67.1 cm³/mol. The van der Waals surface area contributed by atoms with Crippen LogP contribution in [-0.2, 0) is 9.84 Å². The number of benzene rings is 1. The summed E-state index contributed by atoms with van der Waals surface area (Å²) in [4.78, 5) is 0. The predicted octanol–water partition coefficient (Wildman–Crippen LogP) is 2.05. The normalized spacial score (nSPS) is 13.6. The van der Waals surface area contributed by atoms with Gasteiger partial charge < -0.3 is 5.32 Å². The summed E-state index contributed by atoms with van der Waals surface area (Å²) in [7, 11) is -2.98. The van der Waals surface area contributed by atoms with Crippen molar-refractivity contribution < 1.29 is 17.2 Å². The third-order valence-electron chi connectivity index (χ3n) is 2.57. The van der Waals surface area contributed by atoms with Crippen molar-refractivity contribution in [2.24, 2.45) is 0 Å².